The minimum atomic E-state index is -0.122. The maximum atomic E-state index is 12.5. The van der Waals surface area contributed by atoms with Gasteiger partial charge in [0.15, 0.2) is 0 Å². The first-order valence-electron chi connectivity index (χ1n) is 8.93. The third-order valence-corrected chi connectivity index (χ3v) is 4.48. The molecule has 0 unspecified atom stereocenters. The largest absolute Gasteiger partial charge is 0.496 e. The Kier molecular flexibility index (Phi) is 6.10. The predicted octanol–water partition coefficient (Wildman–Crippen LogP) is 4.70. The minimum Gasteiger partial charge on any atom is -0.496 e. The van der Waals surface area contributed by atoms with Crippen LogP contribution in [0.2, 0.25) is 0 Å². The quantitative estimate of drug-likeness (QED) is 0.692. The Morgan fingerprint density at radius 2 is 1.52 bits per heavy atom. The molecule has 0 aliphatic heterocycles. The maximum absolute atomic E-state index is 12.5. The molecule has 0 aromatic heterocycles. The molecule has 0 aliphatic carbocycles. The summed E-state index contributed by atoms with van der Waals surface area (Å²) < 4.78 is 5.33. The number of urea groups is 1. The Morgan fingerprint density at radius 3 is 2.26 bits per heavy atom. The number of benzene rings is 3. The van der Waals surface area contributed by atoms with E-state index in [1.165, 1.54) is 0 Å². The van der Waals surface area contributed by atoms with Crippen LogP contribution in [0.5, 0.6) is 5.75 Å². The van der Waals surface area contributed by atoms with E-state index in [4.69, 9.17) is 4.74 Å². The highest BCUT2D eigenvalue weighted by molar-refractivity contribution is 5.75. The van der Waals surface area contributed by atoms with Gasteiger partial charge in [-0.2, -0.15) is 0 Å². The van der Waals surface area contributed by atoms with Crippen LogP contribution in [0.4, 0.5) is 4.79 Å². The molecule has 0 radical (unpaired) electrons. The first-order valence-corrected chi connectivity index (χ1v) is 8.93. The van der Waals surface area contributed by atoms with Gasteiger partial charge in [0, 0.05) is 25.7 Å². The number of carbonyl (C=O) groups is 1. The lowest BCUT2D eigenvalue weighted by atomic mass is 9.99. The van der Waals surface area contributed by atoms with Crippen molar-refractivity contribution in [3.63, 3.8) is 0 Å². The van der Waals surface area contributed by atoms with Crippen molar-refractivity contribution in [1.82, 2.24) is 10.2 Å². The molecule has 0 heterocycles. The Balaban J connectivity index is 1.67. The highest BCUT2D eigenvalue weighted by atomic mass is 16.5. The fourth-order valence-electron chi connectivity index (χ4n) is 3.04. The van der Waals surface area contributed by atoms with Gasteiger partial charge in [-0.1, -0.05) is 72.8 Å². The number of methoxy groups -OCH3 is 1. The molecule has 1 N–H and O–H groups in total. The van der Waals surface area contributed by atoms with Crippen molar-refractivity contribution in [1.29, 1.82) is 0 Å². The van der Waals surface area contributed by atoms with Gasteiger partial charge in [0.1, 0.15) is 5.75 Å². The number of para-hydroxylation sites is 1. The lowest BCUT2D eigenvalue weighted by Crippen LogP contribution is -2.36. The van der Waals surface area contributed by atoms with Crippen molar-refractivity contribution in [2.75, 3.05) is 14.2 Å². The second-order valence-corrected chi connectivity index (χ2v) is 6.35. The first kappa shape index (κ1) is 18.5. The molecule has 138 valence electrons. The van der Waals surface area contributed by atoms with Crippen molar-refractivity contribution in [3.8, 4) is 16.9 Å². The second-order valence-electron chi connectivity index (χ2n) is 6.35. The van der Waals surface area contributed by atoms with Crippen LogP contribution >= 0.6 is 0 Å². The summed E-state index contributed by atoms with van der Waals surface area (Å²) in [7, 11) is 3.44. The van der Waals surface area contributed by atoms with Gasteiger partial charge < -0.3 is 15.0 Å². The smallest absolute Gasteiger partial charge is 0.317 e. The van der Waals surface area contributed by atoms with E-state index >= 15 is 0 Å². The number of carbonyl (C=O) groups excluding carboxylic acids is 1. The van der Waals surface area contributed by atoms with E-state index in [-0.39, 0.29) is 6.03 Å². The van der Waals surface area contributed by atoms with Crippen LogP contribution in [0.1, 0.15) is 11.1 Å². The molecule has 27 heavy (non-hydrogen) atoms. The van der Waals surface area contributed by atoms with Crippen LogP contribution in [-0.4, -0.2) is 25.1 Å². The molecule has 0 atom stereocenters. The monoisotopic (exact) mass is 360 g/mol. The summed E-state index contributed by atoms with van der Waals surface area (Å²) in [6, 6.07) is 26.0. The van der Waals surface area contributed by atoms with E-state index in [0.29, 0.717) is 13.1 Å². The second kappa shape index (κ2) is 8.90. The molecule has 0 saturated heterocycles. The zero-order valence-electron chi connectivity index (χ0n) is 15.7. The average Bonchev–Trinajstić information content (AvgIpc) is 2.73. The van der Waals surface area contributed by atoms with Crippen LogP contribution in [0, 0.1) is 0 Å². The highest BCUT2D eigenvalue weighted by Crippen LogP contribution is 2.24. The van der Waals surface area contributed by atoms with Gasteiger partial charge in [-0.15, -0.1) is 0 Å². The Labute approximate surface area is 160 Å². The van der Waals surface area contributed by atoms with Crippen molar-refractivity contribution in [2.24, 2.45) is 0 Å². The Bertz CT molecular complexity index is 894. The lowest BCUT2D eigenvalue weighted by molar-refractivity contribution is 0.206. The molecular weight excluding hydrogens is 336 g/mol. The Hall–Kier alpha value is -3.27. The van der Waals surface area contributed by atoms with E-state index in [2.05, 4.69) is 29.6 Å². The number of amides is 2. The van der Waals surface area contributed by atoms with Crippen molar-refractivity contribution < 1.29 is 9.53 Å². The zero-order chi connectivity index (χ0) is 19.1. The summed E-state index contributed by atoms with van der Waals surface area (Å²) in [6.45, 7) is 0.955. The van der Waals surface area contributed by atoms with E-state index in [1.807, 2.05) is 54.6 Å². The summed E-state index contributed by atoms with van der Waals surface area (Å²) in [4.78, 5) is 14.2. The zero-order valence-corrected chi connectivity index (χ0v) is 15.7. The van der Waals surface area contributed by atoms with Crippen LogP contribution in [0.3, 0.4) is 0 Å². The van der Waals surface area contributed by atoms with Crippen LogP contribution in [0.25, 0.3) is 11.1 Å². The molecule has 3 aromatic rings. The van der Waals surface area contributed by atoms with Gasteiger partial charge in [-0.3, -0.25) is 0 Å². The van der Waals surface area contributed by atoms with E-state index in [1.54, 1.807) is 19.1 Å². The number of nitrogens with one attached hydrogen (secondary N) is 1. The predicted molar refractivity (Wildman–Crippen MR) is 109 cm³/mol. The number of ether oxygens (including phenoxy) is 1. The van der Waals surface area contributed by atoms with Gasteiger partial charge >= 0.3 is 6.03 Å². The van der Waals surface area contributed by atoms with Gasteiger partial charge in [-0.05, 0) is 22.8 Å². The molecule has 0 saturated carbocycles. The maximum Gasteiger partial charge on any atom is 0.317 e. The number of hydrogen-bond acceptors (Lipinski definition) is 2. The van der Waals surface area contributed by atoms with Gasteiger partial charge in [0.25, 0.3) is 0 Å². The minimum absolute atomic E-state index is 0.122. The van der Waals surface area contributed by atoms with E-state index in [9.17, 15) is 4.79 Å². The third kappa shape index (κ3) is 4.67. The molecule has 0 spiro atoms. The molecule has 3 aromatic carbocycles. The lowest BCUT2D eigenvalue weighted by Gasteiger charge is -2.20. The SMILES string of the molecule is COc1ccccc1CNC(=O)N(C)Cc1ccccc1-c1ccccc1. The van der Waals surface area contributed by atoms with Crippen molar-refractivity contribution in [3.05, 3.63) is 90.0 Å². The van der Waals surface area contributed by atoms with Gasteiger partial charge in [0.2, 0.25) is 0 Å². The van der Waals surface area contributed by atoms with E-state index < -0.39 is 0 Å². The van der Waals surface area contributed by atoms with Crippen molar-refractivity contribution >= 4 is 6.03 Å². The first-order chi connectivity index (χ1) is 13.2. The molecule has 0 bridgehead atoms. The van der Waals surface area contributed by atoms with E-state index in [0.717, 1.165) is 28.0 Å². The summed E-state index contributed by atoms with van der Waals surface area (Å²) >= 11 is 0. The van der Waals surface area contributed by atoms with Crippen LogP contribution in [-0.2, 0) is 13.1 Å². The number of hydrogen-bond donors (Lipinski definition) is 1. The van der Waals surface area contributed by atoms with Gasteiger partial charge in [0.05, 0.1) is 7.11 Å². The van der Waals surface area contributed by atoms with Crippen LogP contribution in [0.15, 0.2) is 78.9 Å². The summed E-state index contributed by atoms with van der Waals surface area (Å²) in [6.07, 6.45) is 0. The average molecular weight is 360 g/mol. The molecule has 0 fully saturated rings. The van der Waals surface area contributed by atoms with Crippen LogP contribution < -0.4 is 10.1 Å². The molecule has 2 amide bonds. The summed E-state index contributed by atoms with van der Waals surface area (Å²) in [5.74, 6) is 0.773. The molecule has 4 heteroatoms. The number of nitrogens with zero attached hydrogens (tertiary/aromatic N) is 1. The molecule has 4 nitrogen and oxygen atoms in total. The Morgan fingerprint density at radius 1 is 0.889 bits per heavy atom. The summed E-state index contributed by atoms with van der Waals surface area (Å²) in [5, 5.41) is 2.96. The fraction of sp³-hybridized carbons (Fsp3) is 0.174. The number of rotatable bonds is 6. The molecule has 0 aliphatic rings. The highest BCUT2D eigenvalue weighted by Gasteiger charge is 2.12. The van der Waals surface area contributed by atoms with Crippen molar-refractivity contribution in [2.45, 2.75) is 13.1 Å². The fourth-order valence-corrected chi connectivity index (χ4v) is 3.04. The topological polar surface area (TPSA) is 41.6 Å². The summed E-state index contributed by atoms with van der Waals surface area (Å²) in [5.41, 5.74) is 4.35. The van der Waals surface area contributed by atoms with Gasteiger partial charge in [-0.25, -0.2) is 4.79 Å². The molecule has 3 rings (SSSR count). The normalized spacial score (nSPS) is 10.3. The standard InChI is InChI=1S/C23H24N2O2/c1-25(23(26)24-16-19-12-7-9-15-22(19)27-2)17-20-13-6-8-14-21(20)18-10-4-3-5-11-18/h3-15H,16-17H2,1-2H3,(H,24,26). The molecular formula is C23H24N2O2. The third-order valence-electron chi connectivity index (χ3n) is 4.48.